The number of nitrogens with zero attached hydrogens (tertiary/aromatic N) is 1. The van der Waals surface area contributed by atoms with Gasteiger partial charge in [-0.3, -0.25) is 4.79 Å². The van der Waals surface area contributed by atoms with Crippen LogP contribution < -0.4 is 5.32 Å². The highest BCUT2D eigenvalue weighted by Crippen LogP contribution is 2.28. The summed E-state index contributed by atoms with van der Waals surface area (Å²) >= 11 is 1.27. The maximum Gasteiger partial charge on any atom is 0.351 e. The van der Waals surface area contributed by atoms with Gasteiger partial charge >= 0.3 is 5.97 Å². The predicted molar refractivity (Wildman–Crippen MR) is 94.6 cm³/mol. The molecule has 0 bridgehead atoms. The lowest BCUT2D eigenvalue weighted by Crippen LogP contribution is -2.34. The van der Waals surface area contributed by atoms with Crippen LogP contribution in [0.5, 0.6) is 0 Å². The molecule has 1 aliphatic heterocycles. The number of hydrogen-bond donors (Lipinski definition) is 1. The van der Waals surface area contributed by atoms with E-state index in [2.05, 4.69) is 10.3 Å². The highest BCUT2D eigenvalue weighted by molar-refractivity contribution is 7.14. The van der Waals surface area contributed by atoms with Gasteiger partial charge < -0.3 is 14.8 Å². The minimum atomic E-state index is -0.531. The minimum absolute atomic E-state index is 0.0634. The number of carbonyl (C=O) groups excluding carboxylic acids is 2. The molecule has 25 heavy (non-hydrogen) atoms. The van der Waals surface area contributed by atoms with E-state index in [9.17, 15) is 9.59 Å². The Labute approximate surface area is 150 Å². The Morgan fingerprint density at radius 1 is 1.36 bits per heavy atom. The molecule has 0 unspecified atom stereocenters. The van der Waals surface area contributed by atoms with Crippen LogP contribution in [-0.4, -0.2) is 42.7 Å². The fourth-order valence-corrected chi connectivity index (χ4v) is 3.47. The zero-order chi connectivity index (χ0) is 17.6. The molecule has 2 heterocycles. The number of thiazole rings is 1. The Morgan fingerprint density at radius 2 is 2.16 bits per heavy atom. The molecule has 0 saturated carbocycles. The average Bonchev–Trinajstić information content (AvgIpc) is 3.28. The van der Waals surface area contributed by atoms with E-state index < -0.39 is 5.97 Å². The van der Waals surface area contributed by atoms with Gasteiger partial charge in [0.2, 0.25) is 0 Å². The molecule has 1 aromatic heterocycles. The van der Waals surface area contributed by atoms with E-state index in [4.69, 9.17) is 9.47 Å². The summed E-state index contributed by atoms with van der Waals surface area (Å²) in [5, 5.41) is 3.50. The van der Waals surface area contributed by atoms with Gasteiger partial charge in [-0.05, 0) is 19.8 Å². The number of aryl methyl sites for hydroxylation is 1. The number of hydrogen-bond acceptors (Lipinski definition) is 6. The van der Waals surface area contributed by atoms with Gasteiger partial charge in [0.05, 0.1) is 16.8 Å². The van der Waals surface area contributed by atoms with E-state index in [-0.39, 0.29) is 18.6 Å². The largest absolute Gasteiger partial charge is 0.451 e. The highest BCUT2D eigenvalue weighted by Gasteiger charge is 2.21. The van der Waals surface area contributed by atoms with Crippen molar-refractivity contribution in [1.82, 2.24) is 10.3 Å². The summed E-state index contributed by atoms with van der Waals surface area (Å²) in [5.41, 5.74) is 1.44. The third kappa shape index (κ3) is 4.64. The Morgan fingerprint density at radius 3 is 2.88 bits per heavy atom. The third-order valence-electron chi connectivity index (χ3n) is 3.85. The van der Waals surface area contributed by atoms with Crippen molar-refractivity contribution in [1.29, 1.82) is 0 Å². The molecular weight excluding hydrogens is 340 g/mol. The highest BCUT2D eigenvalue weighted by atomic mass is 32.1. The molecule has 1 aliphatic rings. The zero-order valence-electron chi connectivity index (χ0n) is 14.0. The van der Waals surface area contributed by atoms with E-state index in [1.165, 1.54) is 11.3 Å². The molecule has 132 valence electrons. The Kier molecular flexibility index (Phi) is 5.78. The minimum Gasteiger partial charge on any atom is -0.451 e. The number of aromatic nitrogens is 1. The van der Waals surface area contributed by atoms with Crippen LogP contribution in [0.2, 0.25) is 0 Å². The molecule has 3 rings (SSSR count). The van der Waals surface area contributed by atoms with Crippen molar-refractivity contribution in [2.75, 3.05) is 19.8 Å². The second-order valence-corrected chi connectivity index (χ2v) is 7.00. The van der Waals surface area contributed by atoms with E-state index >= 15 is 0 Å². The molecule has 0 radical (unpaired) electrons. The molecule has 0 aliphatic carbocycles. The molecule has 1 amide bonds. The summed E-state index contributed by atoms with van der Waals surface area (Å²) in [6.07, 6.45) is 2.02. The molecule has 6 nitrogen and oxygen atoms in total. The summed E-state index contributed by atoms with van der Waals surface area (Å²) in [6.45, 7) is 2.72. The van der Waals surface area contributed by atoms with Gasteiger partial charge in [-0.1, -0.05) is 30.3 Å². The van der Waals surface area contributed by atoms with Crippen LogP contribution >= 0.6 is 11.3 Å². The average molecular weight is 360 g/mol. The van der Waals surface area contributed by atoms with Crippen LogP contribution in [0.25, 0.3) is 11.3 Å². The van der Waals surface area contributed by atoms with Crippen molar-refractivity contribution in [2.45, 2.75) is 25.9 Å². The number of esters is 1. The van der Waals surface area contributed by atoms with E-state index in [0.717, 1.165) is 30.0 Å². The number of rotatable bonds is 6. The van der Waals surface area contributed by atoms with Crippen molar-refractivity contribution in [3.8, 4) is 11.3 Å². The summed E-state index contributed by atoms with van der Waals surface area (Å²) < 4.78 is 10.6. The predicted octanol–water partition coefficient (Wildman–Crippen LogP) is 2.57. The van der Waals surface area contributed by atoms with E-state index in [1.54, 1.807) is 0 Å². The van der Waals surface area contributed by atoms with Crippen LogP contribution in [0, 0.1) is 6.92 Å². The standard InChI is InChI=1S/C18H20N2O4S/c1-12-20-16(13-6-3-2-4-7-13)17(25-12)18(22)24-11-15(21)19-10-14-8-5-9-23-14/h2-4,6-7,14H,5,8-11H2,1H3,(H,19,21)/t14-/m0/s1. The smallest absolute Gasteiger partial charge is 0.351 e. The normalized spacial score (nSPS) is 16.6. The van der Waals surface area contributed by atoms with Gasteiger partial charge in [0.15, 0.2) is 6.61 Å². The Bertz CT molecular complexity index is 739. The first-order valence-electron chi connectivity index (χ1n) is 8.22. The van der Waals surface area contributed by atoms with Crippen LogP contribution in [-0.2, 0) is 14.3 Å². The Balaban J connectivity index is 1.57. The van der Waals surface area contributed by atoms with E-state index in [1.807, 2.05) is 37.3 Å². The summed E-state index contributed by atoms with van der Waals surface area (Å²) in [5.74, 6) is -0.858. The second-order valence-electron chi connectivity index (χ2n) is 5.79. The van der Waals surface area contributed by atoms with Gasteiger partial charge in [0.1, 0.15) is 4.88 Å². The molecule has 0 spiro atoms. The van der Waals surface area contributed by atoms with Gasteiger partial charge in [0.25, 0.3) is 5.91 Å². The van der Waals surface area contributed by atoms with Crippen molar-refractivity contribution in [3.63, 3.8) is 0 Å². The molecule has 1 atom stereocenters. The first-order chi connectivity index (χ1) is 12.1. The second kappa shape index (κ2) is 8.22. The van der Waals surface area contributed by atoms with E-state index in [0.29, 0.717) is 17.1 Å². The fourth-order valence-electron chi connectivity index (χ4n) is 2.64. The van der Waals surface area contributed by atoms with Crippen molar-refractivity contribution in [2.24, 2.45) is 0 Å². The number of amides is 1. The lowest BCUT2D eigenvalue weighted by molar-refractivity contribution is -0.124. The molecular formula is C18H20N2O4S. The number of benzene rings is 1. The van der Waals surface area contributed by atoms with Crippen molar-refractivity contribution >= 4 is 23.2 Å². The number of nitrogens with one attached hydrogen (secondary N) is 1. The maximum atomic E-state index is 12.4. The lowest BCUT2D eigenvalue weighted by Gasteiger charge is -2.10. The summed E-state index contributed by atoms with van der Waals surface area (Å²) in [7, 11) is 0. The SMILES string of the molecule is Cc1nc(-c2ccccc2)c(C(=O)OCC(=O)NC[C@@H]2CCCO2)s1. The monoisotopic (exact) mass is 360 g/mol. The topological polar surface area (TPSA) is 77.5 Å². The number of carbonyl (C=O) groups is 2. The molecule has 1 N–H and O–H groups in total. The first kappa shape index (κ1) is 17.6. The maximum absolute atomic E-state index is 12.4. The van der Waals surface area contributed by atoms with Gasteiger partial charge in [-0.2, -0.15) is 0 Å². The molecule has 1 aromatic carbocycles. The molecule has 1 saturated heterocycles. The summed E-state index contributed by atoms with van der Waals surface area (Å²) in [4.78, 5) is 29.0. The fraction of sp³-hybridized carbons (Fsp3) is 0.389. The van der Waals surface area contributed by atoms with Crippen molar-refractivity contribution < 1.29 is 19.1 Å². The van der Waals surface area contributed by atoms with Crippen LogP contribution in [0.1, 0.15) is 27.5 Å². The Hall–Kier alpha value is -2.25. The molecule has 1 fully saturated rings. The lowest BCUT2D eigenvalue weighted by atomic mass is 10.1. The van der Waals surface area contributed by atoms with Crippen LogP contribution in [0.3, 0.4) is 0 Å². The van der Waals surface area contributed by atoms with Gasteiger partial charge in [-0.25, -0.2) is 9.78 Å². The summed E-state index contributed by atoms with van der Waals surface area (Å²) in [6, 6.07) is 9.45. The zero-order valence-corrected chi connectivity index (χ0v) is 14.8. The van der Waals surface area contributed by atoms with Crippen LogP contribution in [0.15, 0.2) is 30.3 Å². The molecule has 2 aromatic rings. The van der Waals surface area contributed by atoms with Gasteiger partial charge in [0, 0.05) is 18.7 Å². The first-order valence-corrected chi connectivity index (χ1v) is 9.03. The van der Waals surface area contributed by atoms with Crippen molar-refractivity contribution in [3.05, 3.63) is 40.2 Å². The van der Waals surface area contributed by atoms with Crippen LogP contribution in [0.4, 0.5) is 0 Å². The van der Waals surface area contributed by atoms with Gasteiger partial charge in [-0.15, -0.1) is 11.3 Å². The number of ether oxygens (including phenoxy) is 2. The quantitative estimate of drug-likeness (QED) is 0.801. The molecule has 7 heteroatoms. The third-order valence-corrected chi connectivity index (χ3v) is 4.80.